The van der Waals surface area contributed by atoms with E-state index in [0.29, 0.717) is 12.3 Å². The molecular weight excluding hydrogens is 178 g/mol. The van der Waals surface area contributed by atoms with Crippen LogP contribution in [0.4, 0.5) is 0 Å². The highest BCUT2D eigenvalue weighted by molar-refractivity contribution is 5.31. The topological polar surface area (TPSA) is 52.5 Å². The number of nitrogens with one attached hydrogen (secondary N) is 1. The third-order valence-electron chi connectivity index (χ3n) is 2.29. The highest BCUT2D eigenvalue weighted by atomic mass is 16.3. The molecule has 0 spiro atoms. The number of hydrogen-bond acceptors (Lipinski definition) is 3. The van der Waals surface area contributed by atoms with E-state index < -0.39 is 0 Å². The lowest BCUT2D eigenvalue weighted by atomic mass is 10.1. The second-order valence-corrected chi connectivity index (χ2v) is 3.30. The number of benzene rings is 1. The van der Waals surface area contributed by atoms with Gasteiger partial charge in [-0.2, -0.15) is 0 Å². The number of hydrogen-bond donors (Lipinski definition) is 3. The molecule has 1 aromatic rings. The summed E-state index contributed by atoms with van der Waals surface area (Å²) in [4.78, 5) is 0. The van der Waals surface area contributed by atoms with Gasteiger partial charge in [-0.3, -0.25) is 0 Å². The average molecular weight is 195 g/mol. The van der Waals surface area contributed by atoms with Crippen molar-refractivity contribution < 1.29 is 10.2 Å². The Kier molecular flexibility index (Phi) is 4.43. The first-order valence-corrected chi connectivity index (χ1v) is 4.89. The minimum absolute atomic E-state index is 0.106. The summed E-state index contributed by atoms with van der Waals surface area (Å²) in [5, 5.41) is 21.6. The van der Waals surface area contributed by atoms with E-state index in [1.54, 1.807) is 12.1 Å². The second kappa shape index (κ2) is 5.62. The van der Waals surface area contributed by atoms with Crippen molar-refractivity contribution in [3.05, 3.63) is 29.8 Å². The fourth-order valence-electron chi connectivity index (χ4n) is 1.25. The van der Waals surface area contributed by atoms with Gasteiger partial charge in [0, 0.05) is 18.2 Å². The number of aliphatic hydroxyl groups excluding tert-OH is 1. The van der Waals surface area contributed by atoms with E-state index in [0.717, 1.165) is 12.0 Å². The predicted octanol–water partition coefficient (Wildman–Crippen LogP) is 1.25. The van der Waals surface area contributed by atoms with Crippen LogP contribution in [0.3, 0.4) is 0 Å². The molecule has 0 fully saturated rings. The maximum Gasteiger partial charge on any atom is 0.120 e. The lowest BCUT2D eigenvalue weighted by molar-refractivity contribution is 0.238. The molecule has 78 valence electrons. The quantitative estimate of drug-likeness (QED) is 0.663. The van der Waals surface area contributed by atoms with Crippen LogP contribution in [-0.4, -0.2) is 22.9 Å². The Bertz CT molecular complexity index is 272. The molecule has 1 atom stereocenters. The molecule has 0 saturated heterocycles. The summed E-state index contributed by atoms with van der Waals surface area (Å²) in [5.41, 5.74) is 0.861. The molecule has 3 nitrogen and oxygen atoms in total. The van der Waals surface area contributed by atoms with Crippen molar-refractivity contribution in [2.75, 3.05) is 6.61 Å². The normalized spacial score (nSPS) is 12.7. The smallest absolute Gasteiger partial charge is 0.120 e. The Morgan fingerprint density at radius 2 is 2.07 bits per heavy atom. The first-order chi connectivity index (χ1) is 6.77. The number of phenols is 1. The summed E-state index contributed by atoms with van der Waals surface area (Å²) < 4.78 is 0. The van der Waals surface area contributed by atoms with Crippen molar-refractivity contribution in [3.8, 4) is 5.75 Å². The van der Waals surface area contributed by atoms with Gasteiger partial charge in [-0.15, -0.1) is 0 Å². The summed E-state index contributed by atoms with van der Waals surface area (Å²) in [7, 11) is 0. The van der Waals surface area contributed by atoms with Gasteiger partial charge in [0.2, 0.25) is 0 Å². The van der Waals surface area contributed by atoms with Crippen LogP contribution in [0.25, 0.3) is 0 Å². The fourth-order valence-corrected chi connectivity index (χ4v) is 1.25. The van der Waals surface area contributed by atoms with Crippen LogP contribution in [0.15, 0.2) is 24.3 Å². The van der Waals surface area contributed by atoms with E-state index in [1.807, 2.05) is 19.1 Å². The summed E-state index contributed by atoms with van der Waals surface area (Å²) in [6.45, 7) is 2.73. The standard InChI is InChI=1S/C11H17NO2/c1-2-10(8-13)12-7-9-5-3-4-6-11(9)14/h3-6,10,12-14H,2,7-8H2,1H3/t10-/m0/s1. The highest BCUT2D eigenvalue weighted by Crippen LogP contribution is 2.15. The Hall–Kier alpha value is -1.06. The lowest BCUT2D eigenvalue weighted by Gasteiger charge is -2.14. The molecule has 3 heteroatoms. The van der Waals surface area contributed by atoms with E-state index in [9.17, 15) is 5.11 Å². The van der Waals surface area contributed by atoms with Crippen molar-refractivity contribution in [2.24, 2.45) is 0 Å². The summed E-state index contributed by atoms with van der Waals surface area (Å²) >= 11 is 0. The molecule has 0 aliphatic rings. The van der Waals surface area contributed by atoms with E-state index in [1.165, 1.54) is 0 Å². The zero-order valence-corrected chi connectivity index (χ0v) is 8.40. The molecule has 1 aromatic carbocycles. The van der Waals surface area contributed by atoms with Gasteiger partial charge in [0.1, 0.15) is 5.75 Å². The molecule has 1 rings (SSSR count). The third-order valence-corrected chi connectivity index (χ3v) is 2.29. The summed E-state index contributed by atoms with van der Waals surface area (Å²) in [5.74, 6) is 0.299. The molecule has 0 aliphatic heterocycles. The molecule has 0 unspecified atom stereocenters. The van der Waals surface area contributed by atoms with Crippen LogP contribution in [-0.2, 0) is 6.54 Å². The highest BCUT2D eigenvalue weighted by Gasteiger charge is 2.04. The number of aliphatic hydroxyl groups is 1. The maximum atomic E-state index is 9.47. The molecule has 3 N–H and O–H groups in total. The minimum atomic E-state index is 0.106. The minimum Gasteiger partial charge on any atom is -0.508 e. The van der Waals surface area contributed by atoms with Crippen molar-refractivity contribution in [2.45, 2.75) is 25.9 Å². The van der Waals surface area contributed by atoms with Gasteiger partial charge in [-0.05, 0) is 12.5 Å². The molecule has 0 bridgehead atoms. The van der Waals surface area contributed by atoms with Crippen LogP contribution in [0, 0.1) is 0 Å². The Labute approximate surface area is 84.4 Å². The SMILES string of the molecule is CC[C@@H](CO)NCc1ccccc1O. The van der Waals surface area contributed by atoms with E-state index in [2.05, 4.69) is 5.32 Å². The zero-order valence-electron chi connectivity index (χ0n) is 8.40. The Morgan fingerprint density at radius 3 is 2.64 bits per heavy atom. The maximum absolute atomic E-state index is 9.47. The number of rotatable bonds is 5. The van der Waals surface area contributed by atoms with Crippen molar-refractivity contribution in [1.82, 2.24) is 5.32 Å². The lowest BCUT2D eigenvalue weighted by Crippen LogP contribution is -2.31. The fraction of sp³-hybridized carbons (Fsp3) is 0.455. The van der Waals surface area contributed by atoms with Crippen LogP contribution in [0.2, 0.25) is 0 Å². The van der Waals surface area contributed by atoms with Gasteiger partial charge >= 0.3 is 0 Å². The number of para-hydroxylation sites is 1. The van der Waals surface area contributed by atoms with Crippen molar-refractivity contribution in [1.29, 1.82) is 0 Å². The molecule has 0 amide bonds. The average Bonchev–Trinajstić information content (AvgIpc) is 2.22. The molecule has 0 heterocycles. The van der Waals surface area contributed by atoms with Gasteiger partial charge in [0.05, 0.1) is 6.61 Å². The first kappa shape index (κ1) is 11.0. The van der Waals surface area contributed by atoms with Crippen LogP contribution >= 0.6 is 0 Å². The zero-order chi connectivity index (χ0) is 10.4. The molecular formula is C11H17NO2. The predicted molar refractivity (Wildman–Crippen MR) is 56.1 cm³/mol. The molecule has 14 heavy (non-hydrogen) atoms. The second-order valence-electron chi connectivity index (χ2n) is 3.30. The van der Waals surface area contributed by atoms with Crippen LogP contribution < -0.4 is 5.32 Å². The summed E-state index contributed by atoms with van der Waals surface area (Å²) in [6.07, 6.45) is 0.879. The Morgan fingerprint density at radius 1 is 1.36 bits per heavy atom. The van der Waals surface area contributed by atoms with Gasteiger partial charge in [0.25, 0.3) is 0 Å². The summed E-state index contributed by atoms with van der Waals surface area (Å²) in [6, 6.07) is 7.32. The monoisotopic (exact) mass is 195 g/mol. The van der Waals surface area contributed by atoms with E-state index >= 15 is 0 Å². The van der Waals surface area contributed by atoms with E-state index in [4.69, 9.17) is 5.11 Å². The molecule has 0 aliphatic carbocycles. The van der Waals surface area contributed by atoms with Crippen LogP contribution in [0.5, 0.6) is 5.75 Å². The van der Waals surface area contributed by atoms with Gasteiger partial charge in [0.15, 0.2) is 0 Å². The van der Waals surface area contributed by atoms with Crippen LogP contribution in [0.1, 0.15) is 18.9 Å². The molecule has 0 radical (unpaired) electrons. The van der Waals surface area contributed by atoms with Gasteiger partial charge < -0.3 is 15.5 Å². The Balaban J connectivity index is 2.49. The molecule has 0 saturated carbocycles. The van der Waals surface area contributed by atoms with Crippen molar-refractivity contribution >= 4 is 0 Å². The first-order valence-electron chi connectivity index (χ1n) is 4.89. The largest absolute Gasteiger partial charge is 0.508 e. The third kappa shape index (κ3) is 3.01. The van der Waals surface area contributed by atoms with E-state index in [-0.39, 0.29) is 12.6 Å². The number of aromatic hydroxyl groups is 1. The van der Waals surface area contributed by atoms with Gasteiger partial charge in [-0.1, -0.05) is 25.1 Å². The van der Waals surface area contributed by atoms with Crippen molar-refractivity contribution in [3.63, 3.8) is 0 Å². The molecule has 0 aromatic heterocycles. The van der Waals surface area contributed by atoms with Gasteiger partial charge in [-0.25, -0.2) is 0 Å². The number of phenolic OH excluding ortho intramolecular Hbond substituents is 1.